The molecule has 3 aliphatic rings. The number of piperidine rings is 1. The van der Waals surface area contributed by atoms with Gasteiger partial charge in [-0.2, -0.15) is 0 Å². The molecule has 12 unspecified atom stereocenters. The number of carboxylic acids is 3. The maximum Gasteiger partial charge on any atom is 0.308 e. The van der Waals surface area contributed by atoms with Crippen molar-refractivity contribution in [3.8, 4) is 0 Å². The summed E-state index contributed by atoms with van der Waals surface area (Å²) in [5.74, 6) is -18.2. The SMILES string of the molecule is CCC(NC)C(=O)NC1C(=O)N2CCCCC2C(=O)NC(C(C)C(=O)O)C(=O)NC(CC(=O)O)C(=O)NCC(=O)NC(CC(=O)O)C(=O)NCC(=O)NC(C(C)NC)C(=O)NC(C(C)C)C(=O)N2CCCC2C(=O)NC1C. The largest absolute Gasteiger partial charge is 0.481 e. The molecule has 0 bridgehead atoms. The molecule has 3 aliphatic heterocycles. The van der Waals surface area contributed by atoms with Crippen LogP contribution in [0.2, 0.25) is 0 Å². The lowest BCUT2D eigenvalue weighted by molar-refractivity contribution is -0.149. The molecule has 0 aliphatic carbocycles. The molecular weight excluding hydrogens is 1020 g/mol. The summed E-state index contributed by atoms with van der Waals surface area (Å²) >= 11 is 0. The lowest BCUT2D eigenvalue weighted by Gasteiger charge is -2.39. The van der Waals surface area contributed by atoms with Gasteiger partial charge in [0, 0.05) is 19.1 Å². The highest BCUT2D eigenvalue weighted by atomic mass is 16.4. The zero-order valence-electron chi connectivity index (χ0n) is 44.4. The highest BCUT2D eigenvalue weighted by molar-refractivity contribution is 6.00. The summed E-state index contributed by atoms with van der Waals surface area (Å²) in [6.45, 7) is 6.98. The Morgan fingerprint density at radius 2 is 1.08 bits per heavy atom. The Kier molecular flexibility index (Phi) is 24.6. The van der Waals surface area contributed by atoms with Crippen molar-refractivity contribution in [1.82, 2.24) is 68.3 Å². The number of hydrogen-bond acceptors (Lipinski definition) is 16. The van der Waals surface area contributed by atoms with Gasteiger partial charge in [-0.3, -0.25) is 67.1 Å². The molecule has 3 heterocycles. The molecule has 77 heavy (non-hydrogen) atoms. The van der Waals surface area contributed by atoms with Gasteiger partial charge in [0.1, 0.15) is 48.3 Å². The van der Waals surface area contributed by atoms with Gasteiger partial charge in [0.05, 0.1) is 43.9 Å². The van der Waals surface area contributed by atoms with Crippen LogP contribution in [0, 0.1) is 11.8 Å². The van der Waals surface area contributed by atoms with Crippen LogP contribution in [-0.4, -0.2) is 215 Å². The average Bonchev–Trinajstić information content (AvgIpc) is 3.88. The van der Waals surface area contributed by atoms with Crippen LogP contribution < -0.4 is 58.5 Å². The van der Waals surface area contributed by atoms with E-state index < -0.39 is 187 Å². The maximum atomic E-state index is 14.8. The summed E-state index contributed by atoms with van der Waals surface area (Å²) in [4.78, 5) is 191. The Morgan fingerprint density at radius 3 is 1.60 bits per heavy atom. The predicted octanol–water partition coefficient (Wildman–Crippen LogP) is -6.05. The van der Waals surface area contributed by atoms with Gasteiger partial charge in [0.15, 0.2) is 0 Å². The molecule has 30 nitrogen and oxygen atoms in total. The summed E-state index contributed by atoms with van der Waals surface area (Å²) in [6.07, 6.45) is -0.828. The number of carbonyl (C=O) groups is 14. The number of hydrogen-bond donors (Lipinski definition) is 14. The fourth-order valence-electron chi connectivity index (χ4n) is 8.94. The molecule has 0 aromatic carbocycles. The second kappa shape index (κ2) is 29.7. The van der Waals surface area contributed by atoms with Crippen molar-refractivity contribution in [1.29, 1.82) is 0 Å². The van der Waals surface area contributed by atoms with Crippen LogP contribution in [-0.2, 0) is 67.1 Å². The number of rotatable bonds is 13. The average molecular weight is 1090 g/mol. The van der Waals surface area contributed by atoms with Crippen LogP contribution in [0.5, 0.6) is 0 Å². The van der Waals surface area contributed by atoms with E-state index in [1.807, 2.05) is 5.32 Å². The smallest absolute Gasteiger partial charge is 0.308 e. The van der Waals surface area contributed by atoms with E-state index in [4.69, 9.17) is 0 Å². The van der Waals surface area contributed by atoms with Gasteiger partial charge in [-0.05, 0) is 79.3 Å². The minimum Gasteiger partial charge on any atom is -0.481 e. The molecule has 0 radical (unpaired) electrons. The second-order valence-corrected chi connectivity index (χ2v) is 19.5. The van der Waals surface area contributed by atoms with E-state index in [0.717, 1.165) is 11.8 Å². The van der Waals surface area contributed by atoms with Crippen molar-refractivity contribution in [2.45, 2.75) is 159 Å². The van der Waals surface area contributed by atoms with Crippen LogP contribution >= 0.6 is 0 Å². The van der Waals surface area contributed by atoms with E-state index >= 15 is 0 Å². The Bertz CT molecular complexity index is 2250. The maximum absolute atomic E-state index is 14.8. The van der Waals surface area contributed by atoms with Crippen LogP contribution in [0.15, 0.2) is 0 Å². The highest BCUT2D eigenvalue weighted by Gasteiger charge is 2.45. The van der Waals surface area contributed by atoms with Gasteiger partial charge in [0.2, 0.25) is 65.0 Å². The minimum atomic E-state index is -2.05. The molecule has 11 amide bonds. The Hall–Kier alpha value is -7.50. The van der Waals surface area contributed by atoms with Gasteiger partial charge in [-0.25, -0.2) is 0 Å². The van der Waals surface area contributed by atoms with Gasteiger partial charge in [0.25, 0.3) is 0 Å². The first-order valence-corrected chi connectivity index (χ1v) is 25.4. The van der Waals surface area contributed by atoms with Crippen LogP contribution in [0.3, 0.4) is 0 Å². The summed E-state index contributed by atoms with van der Waals surface area (Å²) < 4.78 is 0. The van der Waals surface area contributed by atoms with Crippen molar-refractivity contribution < 1.29 is 82.4 Å². The van der Waals surface area contributed by atoms with Crippen LogP contribution in [0.4, 0.5) is 0 Å². The second-order valence-electron chi connectivity index (χ2n) is 19.5. The highest BCUT2D eigenvalue weighted by Crippen LogP contribution is 2.23. The summed E-state index contributed by atoms with van der Waals surface area (Å²) in [6, 6.07) is -15.7. The predicted molar refractivity (Wildman–Crippen MR) is 267 cm³/mol. The lowest BCUT2D eigenvalue weighted by Crippen LogP contribution is -2.66. The molecule has 14 N–H and O–H groups in total. The first-order chi connectivity index (χ1) is 36.2. The standard InChI is InChI=1S/C47H75N13O17/c1-9-25(49-8)40(69)58-37-24(6)52-41(70)29-14-12-16-60(29)45(74)34(21(2)3)56-44(73)36(23(5)48-7)55-31(62)20-51-38(67)26(17-32(63)64)53-30(61)19-50-39(68)27(18-33(65)66)54-43(72)35(22(4)47(76)77)57-42(71)28-13-10-11-15-59(28)46(37)75/h21-29,34-37,48-49H,9-20H2,1-8H3,(H,50,68)(H,51,67)(H,52,70)(H,53,61)(H,54,72)(H,55,62)(H,56,73)(H,57,71)(H,58,69)(H,63,64)(H,65,66)(H,76,77). The van der Waals surface area contributed by atoms with E-state index in [2.05, 4.69) is 53.2 Å². The molecule has 30 heteroatoms. The molecule has 0 aromatic rings. The zero-order valence-corrected chi connectivity index (χ0v) is 44.4. The molecule has 430 valence electrons. The third-order valence-electron chi connectivity index (χ3n) is 13.6. The fraction of sp³-hybridized carbons (Fsp3) is 0.702. The Morgan fingerprint density at radius 1 is 0.584 bits per heavy atom. The van der Waals surface area contributed by atoms with Gasteiger partial charge >= 0.3 is 17.9 Å². The number of nitrogens with one attached hydrogen (secondary N) is 11. The normalized spacial score (nSPS) is 27.7. The molecule has 0 saturated carbocycles. The topological polar surface area (TPSA) is 438 Å². The third kappa shape index (κ3) is 18.1. The fourth-order valence-corrected chi connectivity index (χ4v) is 8.94. The molecule has 0 spiro atoms. The van der Waals surface area contributed by atoms with Gasteiger partial charge in [-0.1, -0.05) is 20.8 Å². The number of carbonyl (C=O) groups excluding carboxylic acids is 11. The number of fused-ring (bicyclic) bond motifs is 2. The van der Waals surface area contributed by atoms with Crippen LogP contribution in [0.1, 0.15) is 92.9 Å². The van der Waals surface area contributed by atoms with Crippen molar-refractivity contribution in [3.63, 3.8) is 0 Å². The summed E-state index contributed by atoms with van der Waals surface area (Å²) in [5.41, 5.74) is 0. The number of likely N-dealkylation sites (N-methyl/N-ethyl adjacent to an activating group) is 2. The first kappa shape index (κ1) is 63.8. The molecule has 3 rings (SSSR count). The van der Waals surface area contributed by atoms with E-state index in [1.165, 1.54) is 32.8 Å². The van der Waals surface area contributed by atoms with Crippen molar-refractivity contribution >= 4 is 82.9 Å². The van der Waals surface area contributed by atoms with Crippen molar-refractivity contribution in [2.24, 2.45) is 11.8 Å². The van der Waals surface area contributed by atoms with Gasteiger partial charge < -0.3 is 83.6 Å². The first-order valence-electron chi connectivity index (χ1n) is 25.4. The number of aliphatic carboxylic acids is 3. The molecule has 3 fully saturated rings. The quantitative estimate of drug-likeness (QED) is 0.0816. The zero-order chi connectivity index (χ0) is 58.0. The molecule has 12 atom stereocenters. The van der Waals surface area contributed by atoms with E-state index in [9.17, 15) is 82.4 Å². The molecule has 3 saturated heterocycles. The Labute approximate surface area is 444 Å². The van der Waals surface area contributed by atoms with Crippen LogP contribution in [0.25, 0.3) is 0 Å². The summed E-state index contributed by atoms with van der Waals surface area (Å²) in [7, 11) is 2.99. The van der Waals surface area contributed by atoms with E-state index in [0.29, 0.717) is 19.3 Å². The number of nitrogens with zero attached hydrogens (tertiary/aromatic N) is 2. The summed E-state index contributed by atoms with van der Waals surface area (Å²) in [5, 5.41) is 56.1. The molecule has 0 aromatic heterocycles. The monoisotopic (exact) mass is 1090 g/mol. The van der Waals surface area contributed by atoms with Crippen molar-refractivity contribution in [2.75, 3.05) is 40.3 Å². The minimum absolute atomic E-state index is 0.0440. The van der Waals surface area contributed by atoms with Crippen molar-refractivity contribution in [3.05, 3.63) is 0 Å². The van der Waals surface area contributed by atoms with Gasteiger partial charge in [-0.15, -0.1) is 0 Å². The van der Waals surface area contributed by atoms with E-state index in [1.54, 1.807) is 20.8 Å². The van der Waals surface area contributed by atoms with E-state index in [-0.39, 0.29) is 32.4 Å². The lowest BCUT2D eigenvalue weighted by atomic mass is 9.96. The molecular formula is C47H75N13O17. The Balaban J connectivity index is 2.17. The number of carboxylic acid groups (broad SMARTS) is 3. The number of amides is 11. The third-order valence-corrected chi connectivity index (χ3v) is 13.6.